The molecule has 1 saturated carbocycles. The van der Waals surface area contributed by atoms with Gasteiger partial charge in [-0.05, 0) is 37.9 Å². The Morgan fingerprint density at radius 2 is 2.38 bits per heavy atom. The molecule has 0 aromatic carbocycles. The van der Waals surface area contributed by atoms with Gasteiger partial charge in [-0.3, -0.25) is 0 Å². The van der Waals surface area contributed by atoms with Gasteiger partial charge in [0.1, 0.15) is 0 Å². The zero-order valence-electron chi connectivity index (χ0n) is 7.45. The fraction of sp³-hybridized carbons (Fsp3) is 0.556. The molecule has 13 heavy (non-hydrogen) atoms. The lowest BCUT2D eigenvalue weighted by atomic mass is 10.0. The zero-order chi connectivity index (χ0) is 9.84. The molecule has 1 aliphatic rings. The van der Waals surface area contributed by atoms with Crippen molar-refractivity contribution >= 4 is 23.1 Å². The molecule has 0 aromatic rings. The Morgan fingerprint density at radius 1 is 1.77 bits per heavy atom. The molecular weight excluding hydrogens is 184 g/mol. The minimum Gasteiger partial charge on any atom is -0.515 e. The SMILES string of the molecule is CC(=N)/C(=C\O)[C@@H](N=C=S)C1CC1. The number of rotatable bonds is 4. The van der Waals surface area contributed by atoms with Gasteiger partial charge in [-0.25, -0.2) is 4.99 Å². The fourth-order valence-corrected chi connectivity index (χ4v) is 1.41. The molecule has 0 heterocycles. The van der Waals surface area contributed by atoms with E-state index in [1.54, 1.807) is 6.92 Å². The molecule has 0 aromatic heterocycles. The minimum atomic E-state index is -0.153. The average molecular weight is 196 g/mol. The molecule has 4 heteroatoms. The number of hydrogen-bond acceptors (Lipinski definition) is 4. The standard InChI is InChI=1S/C9H12N2OS/c1-6(10)8(4-12)9(11-5-13)7-2-3-7/h4,7,9-10,12H,2-3H2,1H3/b8-4+,10-6?/t9-/m0/s1. The minimum absolute atomic E-state index is 0.153. The number of aliphatic hydroxyl groups excluding tert-OH is 1. The summed E-state index contributed by atoms with van der Waals surface area (Å²) in [7, 11) is 0. The average Bonchev–Trinajstić information content (AvgIpc) is 2.86. The van der Waals surface area contributed by atoms with Crippen molar-refractivity contribution in [2.24, 2.45) is 10.9 Å². The Morgan fingerprint density at radius 3 is 2.69 bits per heavy atom. The molecule has 0 radical (unpaired) electrons. The van der Waals surface area contributed by atoms with Crippen LogP contribution in [0.15, 0.2) is 16.8 Å². The summed E-state index contributed by atoms with van der Waals surface area (Å²) in [5.41, 5.74) is 0.897. The number of thiocarbonyl (C=S) groups is 1. The number of nitrogens with zero attached hydrogens (tertiary/aromatic N) is 1. The van der Waals surface area contributed by atoms with Crippen LogP contribution in [0.3, 0.4) is 0 Å². The second-order valence-electron chi connectivity index (χ2n) is 3.21. The molecule has 70 valence electrons. The van der Waals surface area contributed by atoms with Gasteiger partial charge in [0.25, 0.3) is 0 Å². The third-order valence-corrected chi connectivity index (χ3v) is 2.26. The first kappa shape index (κ1) is 10.1. The molecule has 1 rings (SSSR count). The van der Waals surface area contributed by atoms with Gasteiger partial charge in [0.15, 0.2) is 0 Å². The van der Waals surface area contributed by atoms with E-state index in [2.05, 4.69) is 22.4 Å². The van der Waals surface area contributed by atoms with Crippen molar-refractivity contribution < 1.29 is 5.11 Å². The summed E-state index contributed by atoms with van der Waals surface area (Å²) in [5, 5.41) is 18.7. The normalized spacial score (nSPS) is 19.0. The van der Waals surface area contributed by atoms with E-state index < -0.39 is 0 Å². The van der Waals surface area contributed by atoms with Crippen LogP contribution in [-0.2, 0) is 0 Å². The van der Waals surface area contributed by atoms with Crippen LogP contribution in [-0.4, -0.2) is 22.0 Å². The zero-order valence-corrected chi connectivity index (χ0v) is 8.27. The first-order valence-electron chi connectivity index (χ1n) is 4.17. The quantitative estimate of drug-likeness (QED) is 0.412. The third-order valence-electron chi connectivity index (χ3n) is 2.15. The highest BCUT2D eigenvalue weighted by molar-refractivity contribution is 7.78. The number of isothiocyanates is 1. The predicted octanol–water partition coefficient (Wildman–Crippen LogP) is 2.35. The van der Waals surface area contributed by atoms with Crippen molar-refractivity contribution in [3.05, 3.63) is 11.8 Å². The largest absolute Gasteiger partial charge is 0.515 e. The Kier molecular flexibility index (Phi) is 3.34. The highest BCUT2D eigenvalue weighted by Gasteiger charge is 2.34. The van der Waals surface area contributed by atoms with Crippen LogP contribution in [0.1, 0.15) is 19.8 Å². The van der Waals surface area contributed by atoms with E-state index in [9.17, 15) is 0 Å². The van der Waals surface area contributed by atoms with E-state index in [1.165, 1.54) is 0 Å². The summed E-state index contributed by atoms with van der Waals surface area (Å²) in [5.74, 6) is 0.439. The highest BCUT2D eigenvalue weighted by atomic mass is 32.1. The van der Waals surface area contributed by atoms with Gasteiger partial charge < -0.3 is 10.5 Å². The molecule has 0 unspecified atom stereocenters. The van der Waals surface area contributed by atoms with Crippen LogP contribution in [0.25, 0.3) is 0 Å². The highest BCUT2D eigenvalue weighted by Crippen LogP contribution is 2.37. The number of nitrogens with one attached hydrogen (secondary N) is 1. The maximum Gasteiger partial charge on any atom is 0.0927 e. The third kappa shape index (κ3) is 2.47. The molecule has 0 saturated heterocycles. The molecular formula is C9H12N2OS. The van der Waals surface area contributed by atoms with E-state index in [0.29, 0.717) is 17.2 Å². The summed E-state index contributed by atoms with van der Waals surface area (Å²) in [6.07, 6.45) is 3.15. The number of aliphatic imine (C=N–C) groups is 1. The van der Waals surface area contributed by atoms with Crippen molar-refractivity contribution in [1.29, 1.82) is 5.41 Å². The Bertz CT molecular complexity index is 288. The van der Waals surface area contributed by atoms with E-state index in [4.69, 9.17) is 10.5 Å². The van der Waals surface area contributed by atoms with Gasteiger partial charge in [0, 0.05) is 11.3 Å². The van der Waals surface area contributed by atoms with E-state index in [0.717, 1.165) is 19.1 Å². The maximum atomic E-state index is 8.95. The monoisotopic (exact) mass is 196 g/mol. The van der Waals surface area contributed by atoms with Crippen molar-refractivity contribution in [3.63, 3.8) is 0 Å². The predicted molar refractivity (Wildman–Crippen MR) is 55.7 cm³/mol. The van der Waals surface area contributed by atoms with Crippen LogP contribution in [0, 0.1) is 11.3 Å². The second-order valence-corrected chi connectivity index (χ2v) is 3.39. The summed E-state index contributed by atoms with van der Waals surface area (Å²) >= 11 is 4.53. The van der Waals surface area contributed by atoms with Gasteiger partial charge in [0.05, 0.1) is 17.5 Å². The summed E-state index contributed by atoms with van der Waals surface area (Å²) < 4.78 is 0. The molecule has 1 aliphatic carbocycles. The fourth-order valence-electron chi connectivity index (χ4n) is 1.29. The first-order chi connectivity index (χ1) is 6.20. The lowest BCUT2D eigenvalue weighted by Gasteiger charge is -2.11. The maximum absolute atomic E-state index is 8.95. The van der Waals surface area contributed by atoms with E-state index in [1.807, 2.05) is 0 Å². The number of aliphatic hydroxyl groups is 1. The molecule has 0 amide bonds. The Labute approximate surface area is 82.7 Å². The van der Waals surface area contributed by atoms with Crippen molar-refractivity contribution in [1.82, 2.24) is 0 Å². The molecule has 2 N–H and O–H groups in total. The van der Waals surface area contributed by atoms with Gasteiger partial charge in [0.2, 0.25) is 0 Å². The van der Waals surface area contributed by atoms with Crippen LogP contribution in [0.5, 0.6) is 0 Å². The van der Waals surface area contributed by atoms with Gasteiger partial charge in [-0.1, -0.05) is 0 Å². The van der Waals surface area contributed by atoms with Crippen LogP contribution in [0.4, 0.5) is 0 Å². The van der Waals surface area contributed by atoms with Gasteiger partial charge in [-0.2, -0.15) is 0 Å². The first-order valence-corrected chi connectivity index (χ1v) is 4.58. The Hall–Kier alpha value is -0.990. The molecule has 1 atom stereocenters. The summed E-state index contributed by atoms with van der Waals surface area (Å²) in [4.78, 5) is 3.97. The molecule has 0 bridgehead atoms. The van der Waals surface area contributed by atoms with E-state index >= 15 is 0 Å². The number of hydrogen-bond donors (Lipinski definition) is 2. The Balaban J connectivity index is 2.84. The van der Waals surface area contributed by atoms with Crippen molar-refractivity contribution in [3.8, 4) is 0 Å². The summed E-state index contributed by atoms with van der Waals surface area (Å²) in [6.45, 7) is 1.64. The van der Waals surface area contributed by atoms with Crippen LogP contribution >= 0.6 is 12.2 Å². The van der Waals surface area contributed by atoms with Gasteiger partial charge in [-0.15, -0.1) is 0 Å². The van der Waals surface area contributed by atoms with Crippen molar-refractivity contribution in [2.75, 3.05) is 0 Å². The lowest BCUT2D eigenvalue weighted by Crippen LogP contribution is -2.16. The van der Waals surface area contributed by atoms with E-state index in [-0.39, 0.29) is 6.04 Å². The van der Waals surface area contributed by atoms with Crippen LogP contribution in [0.2, 0.25) is 0 Å². The smallest absolute Gasteiger partial charge is 0.0927 e. The van der Waals surface area contributed by atoms with Crippen LogP contribution < -0.4 is 0 Å². The van der Waals surface area contributed by atoms with Crippen molar-refractivity contribution in [2.45, 2.75) is 25.8 Å². The summed E-state index contributed by atoms with van der Waals surface area (Å²) in [6, 6.07) is -0.153. The molecule has 0 aliphatic heterocycles. The topological polar surface area (TPSA) is 56.4 Å². The lowest BCUT2D eigenvalue weighted by molar-refractivity contribution is 0.462. The molecule has 0 spiro atoms. The molecule has 3 nitrogen and oxygen atoms in total. The second kappa shape index (κ2) is 4.30. The van der Waals surface area contributed by atoms with Gasteiger partial charge >= 0.3 is 0 Å². The molecule has 1 fully saturated rings.